The molecule has 0 atom stereocenters. The monoisotopic (exact) mass is 343 g/mol. The van der Waals surface area contributed by atoms with Crippen LogP contribution in [0.1, 0.15) is 34.3 Å². The number of rotatable bonds is 4. The highest BCUT2D eigenvalue weighted by molar-refractivity contribution is 9.10. The summed E-state index contributed by atoms with van der Waals surface area (Å²) in [5.41, 5.74) is 2.70. The minimum atomic E-state index is 0.109. The van der Waals surface area contributed by atoms with E-state index in [0.717, 1.165) is 40.8 Å². The van der Waals surface area contributed by atoms with Gasteiger partial charge in [0.15, 0.2) is 5.78 Å². The molecule has 0 N–H and O–H groups in total. The van der Waals surface area contributed by atoms with Crippen molar-refractivity contribution in [2.45, 2.75) is 19.4 Å². The maximum atomic E-state index is 12.7. The largest absolute Gasteiger partial charge is 0.299 e. The molecule has 0 bridgehead atoms. The normalized spacial score (nSPS) is 15.3. The maximum absolute atomic E-state index is 12.7. The number of carbonyl (C=O) groups excluding carboxylic acids is 1. The molecule has 0 amide bonds. The Hall–Kier alpha value is -1.45. The number of ketones is 1. The lowest BCUT2D eigenvalue weighted by Crippen LogP contribution is -2.20. The quantitative estimate of drug-likeness (QED) is 0.772. The van der Waals surface area contributed by atoms with Crippen molar-refractivity contribution in [3.8, 4) is 0 Å². The van der Waals surface area contributed by atoms with Gasteiger partial charge in [-0.05, 0) is 55.8 Å². The average molecular weight is 344 g/mol. The lowest BCUT2D eigenvalue weighted by molar-refractivity contribution is 0.103. The molecule has 1 saturated heterocycles. The van der Waals surface area contributed by atoms with Gasteiger partial charge in [0.1, 0.15) is 0 Å². The Morgan fingerprint density at radius 2 is 1.67 bits per heavy atom. The average Bonchev–Trinajstić information content (AvgIpc) is 3.01. The molecule has 2 nitrogen and oxygen atoms in total. The van der Waals surface area contributed by atoms with Crippen molar-refractivity contribution in [2.75, 3.05) is 13.1 Å². The molecule has 21 heavy (non-hydrogen) atoms. The summed E-state index contributed by atoms with van der Waals surface area (Å²) in [7, 11) is 0. The summed E-state index contributed by atoms with van der Waals surface area (Å²) in [4.78, 5) is 15.1. The highest BCUT2D eigenvalue weighted by atomic mass is 79.9. The van der Waals surface area contributed by atoms with E-state index in [0.29, 0.717) is 0 Å². The highest BCUT2D eigenvalue weighted by Crippen LogP contribution is 2.20. The fraction of sp³-hybridized carbons (Fsp3) is 0.278. The van der Waals surface area contributed by atoms with Crippen molar-refractivity contribution in [1.82, 2.24) is 4.90 Å². The summed E-state index contributed by atoms with van der Waals surface area (Å²) in [6.45, 7) is 3.15. The molecular weight excluding hydrogens is 326 g/mol. The molecule has 0 saturated carbocycles. The van der Waals surface area contributed by atoms with Gasteiger partial charge in [-0.1, -0.05) is 40.2 Å². The molecule has 0 aromatic heterocycles. The molecule has 0 radical (unpaired) electrons. The number of hydrogen-bond acceptors (Lipinski definition) is 2. The predicted molar refractivity (Wildman–Crippen MR) is 88.5 cm³/mol. The van der Waals surface area contributed by atoms with Gasteiger partial charge in [-0.3, -0.25) is 9.69 Å². The van der Waals surface area contributed by atoms with Crippen LogP contribution in [-0.2, 0) is 6.54 Å². The molecule has 0 unspecified atom stereocenters. The van der Waals surface area contributed by atoms with Crippen molar-refractivity contribution in [2.24, 2.45) is 0 Å². The van der Waals surface area contributed by atoms with Crippen LogP contribution in [0.25, 0.3) is 0 Å². The second kappa shape index (κ2) is 6.54. The van der Waals surface area contributed by atoms with E-state index in [1.54, 1.807) is 0 Å². The molecule has 3 heteroatoms. The van der Waals surface area contributed by atoms with Crippen LogP contribution in [0.2, 0.25) is 0 Å². The van der Waals surface area contributed by atoms with Gasteiger partial charge in [-0.15, -0.1) is 0 Å². The van der Waals surface area contributed by atoms with Gasteiger partial charge in [0.2, 0.25) is 0 Å². The zero-order valence-electron chi connectivity index (χ0n) is 11.9. The molecule has 108 valence electrons. The molecule has 1 aliphatic rings. The molecule has 3 rings (SSSR count). The Labute approximate surface area is 133 Å². The number of benzene rings is 2. The van der Waals surface area contributed by atoms with Gasteiger partial charge >= 0.3 is 0 Å². The van der Waals surface area contributed by atoms with Crippen LogP contribution in [0.3, 0.4) is 0 Å². The van der Waals surface area contributed by atoms with E-state index in [1.807, 2.05) is 42.5 Å². The van der Waals surface area contributed by atoms with E-state index in [2.05, 4.69) is 26.9 Å². The molecule has 1 aliphatic heterocycles. The molecule has 1 fully saturated rings. The third kappa shape index (κ3) is 3.42. The minimum Gasteiger partial charge on any atom is -0.299 e. The molecule has 0 aliphatic carbocycles. The standard InChI is InChI=1S/C18H18BrNO/c19-16-9-7-14(8-10-16)18(21)17-6-2-1-5-15(17)13-20-11-3-4-12-20/h1-2,5-10H,3-4,11-13H2. The van der Waals surface area contributed by atoms with Gasteiger partial charge in [0.25, 0.3) is 0 Å². The van der Waals surface area contributed by atoms with Crippen LogP contribution in [0.4, 0.5) is 0 Å². The summed E-state index contributed by atoms with van der Waals surface area (Å²) in [6, 6.07) is 15.5. The molecule has 1 heterocycles. The Morgan fingerprint density at radius 3 is 2.38 bits per heavy atom. The van der Waals surface area contributed by atoms with Gasteiger partial charge in [0, 0.05) is 22.1 Å². The lowest BCUT2D eigenvalue weighted by Gasteiger charge is -2.17. The molecule has 2 aromatic carbocycles. The van der Waals surface area contributed by atoms with E-state index < -0.39 is 0 Å². The van der Waals surface area contributed by atoms with Crippen LogP contribution < -0.4 is 0 Å². The first-order valence-electron chi connectivity index (χ1n) is 7.34. The summed E-state index contributed by atoms with van der Waals surface area (Å²) >= 11 is 3.41. The zero-order chi connectivity index (χ0) is 14.7. The van der Waals surface area contributed by atoms with Crippen molar-refractivity contribution in [3.05, 3.63) is 69.7 Å². The fourth-order valence-corrected chi connectivity index (χ4v) is 3.08. The predicted octanol–water partition coefficient (Wildman–Crippen LogP) is 4.28. The van der Waals surface area contributed by atoms with E-state index >= 15 is 0 Å². The number of hydrogen-bond donors (Lipinski definition) is 0. The Morgan fingerprint density at radius 1 is 1.00 bits per heavy atom. The summed E-state index contributed by atoms with van der Waals surface area (Å²) < 4.78 is 0.990. The smallest absolute Gasteiger partial charge is 0.193 e. The van der Waals surface area contributed by atoms with Crippen molar-refractivity contribution >= 4 is 21.7 Å². The number of likely N-dealkylation sites (tertiary alicyclic amines) is 1. The van der Waals surface area contributed by atoms with Crippen molar-refractivity contribution in [1.29, 1.82) is 0 Å². The van der Waals surface area contributed by atoms with E-state index in [-0.39, 0.29) is 5.78 Å². The zero-order valence-corrected chi connectivity index (χ0v) is 13.5. The van der Waals surface area contributed by atoms with Crippen LogP contribution >= 0.6 is 15.9 Å². The Kier molecular flexibility index (Phi) is 4.51. The third-order valence-electron chi connectivity index (χ3n) is 3.96. The first-order valence-corrected chi connectivity index (χ1v) is 8.14. The highest BCUT2D eigenvalue weighted by Gasteiger charge is 2.17. The van der Waals surface area contributed by atoms with Crippen LogP contribution in [0.15, 0.2) is 53.0 Å². The number of halogens is 1. The topological polar surface area (TPSA) is 20.3 Å². The van der Waals surface area contributed by atoms with Crippen molar-refractivity contribution < 1.29 is 4.79 Å². The molecule has 0 spiro atoms. The summed E-state index contributed by atoms with van der Waals surface area (Å²) in [5.74, 6) is 0.109. The third-order valence-corrected chi connectivity index (χ3v) is 4.49. The van der Waals surface area contributed by atoms with Gasteiger partial charge in [-0.2, -0.15) is 0 Å². The van der Waals surface area contributed by atoms with Crippen LogP contribution in [0.5, 0.6) is 0 Å². The first-order chi connectivity index (χ1) is 10.2. The Bertz CT molecular complexity index is 630. The fourth-order valence-electron chi connectivity index (χ4n) is 2.82. The maximum Gasteiger partial charge on any atom is 0.193 e. The van der Waals surface area contributed by atoms with Gasteiger partial charge in [0.05, 0.1) is 0 Å². The number of carbonyl (C=O) groups is 1. The molecule has 2 aromatic rings. The second-order valence-corrected chi connectivity index (χ2v) is 6.39. The van der Waals surface area contributed by atoms with E-state index in [1.165, 1.54) is 12.8 Å². The lowest BCUT2D eigenvalue weighted by atomic mass is 9.98. The summed E-state index contributed by atoms with van der Waals surface area (Å²) in [6.07, 6.45) is 2.53. The van der Waals surface area contributed by atoms with Gasteiger partial charge < -0.3 is 0 Å². The van der Waals surface area contributed by atoms with E-state index in [9.17, 15) is 4.79 Å². The second-order valence-electron chi connectivity index (χ2n) is 5.48. The van der Waals surface area contributed by atoms with Gasteiger partial charge in [-0.25, -0.2) is 0 Å². The van der Waals surface area contributed by atoms with Crippen LogP contribution in [-0.4, -0.2) is 23.8 Å². The van der Waals surface area contributed by atoms with Crippen LogP contribution in [0, 0.1) is 0 Å². The molecular formula is C18H18BrNO. The van der Waals surface area contributed by atoms with Crippen molar-refractivity contribution in [3.63, 3.8) is 0 Å². The Balaban J connectivity index is 1.86. The summed E-state index contributed by atoms with van der Waals surface area (Å²) in [5, 5.41) is 0. The first kappa shape index (κ1) is 14.5. The number of nitrogens with zero attached hydrogens (tertiary/aromatic N) is 1. The van der Waals surface area contributed by atoms with E-state index in [4.69, 9.17) is 0 Å². The SMILES string of the molecule is O=C(c1ccc(Br)cc1)c1ccccc1CN1CCCC1. The minimum absolute atomic E-state index is 0.109.